The number of aromatic nitrogens is 1. The van der Waals surface area contributed by atoms with Gasteiger partial charge in [-0.05, 0) is 103 Å². The summed E-state index contributed by atoms with van der Waals surface area (Å²) in [6.45, 7) is 0. The summed E-state index contributed by atoms with van der Waals surface area (Å²) in [7, 11) is 0. The van der Waals surface area contributed by atoms with E-state index in [1.54, 1.807) is 0 Å². The van der Waals surface area contributed by atoms with Crippen LogP contribution in [0, 0.1) is 0 Å². The standard InChI is InChI=1S/C52H32N2/c1-2-14-35-31-38(27-26-33(35)12-1)54-47-23-8-7-20-42(47)43-29-28-39(32-49(43)54)53(46-24-10-16-34-13-3-5-18-40(34)46)48-25-11-22-45-51(48)44-21-9-17-37-30-36-15-4-6-19-41(36)52(45)50(37)44/h1-32H. The summed E-state index contributed by atoms with van der Waals surface area (Å²) in [5.74, 6) is 0. The number of rotatable bonds is 4. The van der Waals surface area contributed by atoms with Crippen molar-refractivity contribution in [3.05, 3.63) is 194 Å². The lowest BCUT2D eigenvalue weighted by Crippen LogP contribution is -2.12. The van der Waals surface area contributed by atoms with Crippen LogP contribution in [0.2, 0.25) is 0 Å². The molecule has 0 unspecified atom stereocenters. The minimum absolute atomic E-state index is 1.12. The van der Waals surface area contributed by atoms with Crippen LogP contribution in [-0.2, 0) is 0 Å². The van der Waals surface area contributed by atoms with Crippen molar-refractivity contribution < 1.29 is 0 Å². The van der Waals surface area contributed by atoms with Gasteiger partial charge in [-0.1, -0.05) is 146 Å². The van der Waals surface area contributed by atoms with Crippen LogP contribution in [0.3, 0.4) is 0 Å². The molecule has 0 N–H and O–H groups in total. The van der Waals surface area contributed by atoms with Crippen LogP contribution < -0.4 is 4.90 Å². The van der Waals surface area contributed by atoms with Gasteiger partial charge in [0, 0.05) is 33.1 Å². The van der Waals surface area contributed by atoms with Crippen molar-refractivity contribution in [2.45, 2.75) is 0 Å². The summed E-state index contributed by atoms with van der Waals surface area (Å²) >= 11 is 0. The Hall–Kier alpha value is -7.16. The van der Waals surface area contributed by atoms with Gasteiger partial charge in [0.1, 0.15) is 0 Å². The highest BCUT2D eigenvalue weighted by Crippen LogP contribution is 2.56. The first-order valence-electron chi connectivity index (χ1n) is 18.7. The Morgan fingerprint density at radius 2 is 0.981 bits per heavy atom. The molecule has 0 aliphatic heterocycles. The summed E-state index contributed by atoms with van der Waals surface area (Å²) < 4.78 is 2.44. The molecule has 0 bridgehead atoms. The van der Waals surface area contributed by atoms with Crippen molar-refractivity contribution in [2.24, 2.45) is 0 Å². The molecule has 2 heteroatoms. The quantitative estimate of drug-likeness (QED) is 0.168. The molecule has 1 aromatic heterocycles. The van der Waals surface area contributed by atoms with E-state index in [1.807, 2.05) is 0 Å². The summed E-state index contributed by atoms with van der Waals surface area (Å²) in [6, 6.07) is 71.6. The SMILES string of the molecule is c1cc2c(c(N(c3ccc4c5ccccc5n(-c5ccc6ccccc6c5)c4c3)c3cccc4ccccc34)c1)-c1cccc3cc4ccccc4c-2c13. The van der Waals surface area contributed by atoms with E-state index in [0.29, 0.717) is 0 Å². The fourth-order valence-electron chi connectivity index (χ4n) is 9.33. The van der Waals surface area contributed by atoms with Gasteiger partial charge >= 0.3 is 0 Å². The Morgan fingerprint density at radius 3 is 1.89 bits per heavy atom. The molecule has 0 spiro atoms. The van der Waals surface area contributed by atoms with Gasteiger partial charge in [-0.15, -0.1) is 0 Å². The molecule has 0 fully saturated rings. The van der Waals surface area contributed by atoms with Crippen molar-refractivity contribution >= 4 is 82.0 Å². The zero-order valence-corrected chi connectivity index (χ0v) is 29.4. The van der Waals surface area contributed by atoms with Crippen molar-refractivity contribution in [1.82, 2.24) is 4.57 Å². The first-order valence-corrected chi connectivity index (χ1v) is 18.7. The number of anilines is 3. The highest BCUT2D eigenvalue weighted by atomic mass is 15.1. The van der Waals surface area contributed by atoms with Gasteiger partial charge in [0.15, 0.2) is 0 Å². The van der Waals surface area contributed by atoms with Gasteiger partial charge in [0.05, 0.1) is 22.4 Å². The van der Waals surface area contributed by atoms with E-state index in [-0.39, 0.29) is 0 Å². The largest absolute Gasteiger partial charge is 0.309 e. The lowest BCUT2D eigenvalue weighted by Gasteiger charge is -2.29. The maximum atomic E-state index is 2.51. The third-order valence-electron chi connectivity index (χ3n) is 11.6. The van der Waals surface area contributed by atoms with Gasteiger partial charge in [-0.3, -0.25) is 0 Å². The van der Waals surface area contributed by atoms with Crippen LogP contribution in [0.15, 0.2) is 194 Å². The summed E-state index contributed by atoms with van der Waals surface area (Å²) in [6.07, 6.45) is 0. The lowest BCUT2D eigenvalue weighted by atomic mass is 9.96. The molecule has 1 heterocycles. The van der Waals surface area contributed by atoms with E-state index in [0.717, 1.165) is 17.1 Å². The molecule has 0 radical (unpaired) electrons. The molecule has 2 nitrogen and oxygen atoms in total. The number of nitrogens with zero attached hydrogens (tertiary/aromatic N) is 2. The molecule has 1 aliphatic rings. The third kappa shape index (κ3) is 4.11. The Balaban J connectivity index is 1.18. The van der Waals surface area contributed by atoms with Crippen molar-refractivity contribution in [2.75, 3.05) is 4.90 Å². The van der Waals surface area contributed by atoms with E-state index in [4.69, 9.17) is 0 Å². The number of hydrogen-bond donors (Lipinski definition) is 0. The Kier molecular flexibility index (Phi) is 6.09. The topological polar surface area (TPSA) is 8.17 Å². The minimum Gasteiger partial charge on any atom is -0.309 e. The summed E-state index contributed by atoms with van der Waals surface area (Å²) in [4.78, 5) is 2.51. The summed E-state index contributed by atoms with van der Waals surface area (Å²) in [5, 5.41) is 12.6. The average molecular weight is 685 g/mol. The maximum absolute atomic E-state index is 2.51. The molecule has 10 aromatic carbocycles. The van der Waals surface area contributed by atoms with Crippen LogP contribution >= 0.6 is 0 Å². The predicted molar refractivity (Wildman–Crippen MR) is 230 cm³/mol. The molecule has 0 amide bonds. The molecule has 250 valence electrons. The first-order chi connectivity index (χ1) is 26.8. The van der Waals surface area contributed by atoms with Gasteiger partial charge < -0.3 is 9.47 Å². The fraction of sp³-hybridized carbons (Fsp3) is 0. The molecule has 0 saturated heterocycles. The fourth-order valence-corrected chi connectivity index (χ4v) is 9.33. The van der Waals surface area contributed by atoms with Crippen LogP contribution in [0.1, 0.15) is 0 Å². The number of para-hydroxylation sites is 1. The predicted octanol–water partition coefficient (Wildman–Crippen LogP) is 14.5. The van der Waals surface area contributed by atoms with E-state index in [9.17, 15) is 0 Å². The second-order valence-electron chi connectivity index (χ2n) is 14.5. The lowest BCUT2D eigenvalue weighted by molar-refractivity contribution is 1.18. The van der Waals surface area contributed by atoms with Gasteiger partial charge in [0.2, 0.25) is 0 Å². The minimum atomic E-state index is 1.12. The van der Waals surface area contributed by atoms with Crippen LogP contribution in [0.25, 0.3) is 92.8 Å². The molecular formula is C52H32N2. The third-order valence-corrected chi connectivity index (χ3v) is 11.6. The summed E-state index contributed by atoms with van der Waals surface area (Å²) in [5.41, 5.74) is 12.2. The molecule has 12 rings (SSSR count). The Bertz CT molecular complexity index is 3340. The molecule has 0 atom stereocenters. The monoisotopic (exact) mass is 684 g/mol. The average Bonchev–Trinajstić information content (AvgIpc) is 3.75. The molecular weight excluding hydrogens is 653 g/mol. The Morgan fingerprint density at radius 1 is 0.333 bits per heavy atom. The van der Waals surface area contributed by atoms with Gasteiger partial charge in [-0.25, -0.2) is 0 Å². The highest BCUT2D eigenvalue weighted by molar-refractivity contribution is 6.26. The van der Waals surface area contributed by atoms with Gasteiger partial charge in [0.25, 0.3) is 0 Å². The molecule has 54 heavy (non-hydrogen) atoms. The second-order valence-corrected chi connectivity index (χ2v) is 14.5. The number of benzene rings is 10. The number of hydrogen-bond acceptors (Lipinski definition) is 1. The molecule has 1 aliphatic carbocycles. The van der Waals surface area contributed by atoms with Crippen LogP contribution in [-0.4, -0.2) is 4.57 Å². The zero-order valence-electron chi connectivity index (χ0n) is 29.4. The second kappa shape index (κ2) is 11.2. The zero-order chi connectivity index (χ0) is 35.3. The van der Waals surface area contributed by atoms with E-state index in [2.05, 4.69) is 204 Å². The number of fused-ring (bicyclic) bond motifs is 10. The van der Waals surface area contributed by atoms with Crippen molar-refractivity contribution in [3.63, 3.8) is 0 Å². The van der Waals surface area contributed by atoms with Crippen LogP contribution in [0.5, 0.6) is 0 Å². The van der Waals surface area contributed by atoms with E-state index < -0.39 is 0 Å². The van der Waals surface area contributed by atoms with Crippen molar-refractivity contribution in [1.29, 1.82) is 0 Å². The first kappa shape index (κ1) is 29.4. The smallest absolute Gasteiger partial charge is 0.0561 e. The molecule has 11 aromatic rings. The highest BCUT2D eigenvalue weighted by Gasteiger charge is 2.29. The Labute approximate surface area is 312 Å². The van der Waals surface area contributed by atoms with Crippen LogP contribution in [0.4, 0.5) is 17.1 Å². The molecule has 0 saturated carbocycles. The maximum Gasteiger partial charge on any atom is 0.0561 e. The van der Waals surface area contributed by atoms with Crippen molar-refractivity contribution in [3.8, 4) is 27.9 Å². The normalized spacial score (nSPS) is 12.1. The van der Waals surface area contributed by atoms with E-state index in [1.165, 1.54) is 92.8 Å². The van der Waals surface area contributed by atoms with E-state index >= 15 is 0 Å². The van der Waals surface area contributed by atoms with Gasteiger partial charge in [-0.2, -0.15) is 0 Å².